The molecule has 0 aromatic heterocycles. The van der Waals surface area contributed by atoms with Crippen LogP contribution in [0.4, 0.5) is 11.4 Å². The fourth-order valence-electron chi connectivity index (χ4n) is 4.94. The molecular weight excluding hydrogens is 709 g/mol. The molecule has 0 saturated heterocycles. The number of allylic oxidation sites excluding steroid dienone is 7. The summed E-state index contributed by atoms with van der Waals surface area (Å²) in [7, 11) is 0. The normalized spacial score (nSPS) is 11.4. The van der Waals surface area contributed by atoms with Crippen LogP contribution < -0.4 is 15.4 Å². The van der Waals surface area contributed by atoms with Crippen LogP contribution in [0.5, 0.6) is 5.75 Å². The van der Waals surface area contributed by atoms with Gasteiger partial charge in [0.15, 0.2) is 13.2 Å². The molecule has 3 rings (SSSR count). The zero-order chi connectivity index (χ0) is 42.2. The first-order valence-corrected chi connectivity index (χ1v) is 17.9. The van der Waals surface area contributed by atoms with E-state index in [-0.39, 0.29) is 47.6 Å². The molecule has 10 heteroatoms. The van der Waals surface area contributed by atoms with Crippen molar-refractivity contribution >= 4 is 35.1 Å². The first-order valence-electron chi connectivity index (χ1n) is 17.9. The van der Waals surface area contributed by atoms with Gasteiger partial charge in [-0.15, -0.1) is 0 Å². The Balaban J connectivity index is 0.00000178. The second kappa shape index (κ2) is 25.4. The zero-order valence-electron chi connectivity index (χ0n) is 32.8. The van der Waals surface area contributed by atoms with E-state index in [0.717, 1.165) is 24.0 Å². The van der Waals surface area contributed by atoms with E-state index in [4.69, 9.17) is 9.47 Å². The third-order valence-electron chi connectivity index (χ3n) is 8.33. The van der Waals surface area contributed by atoms with Crippen molar-refractivity contribution in [3.8, 4) is 16.9 Å². The quantitative estimate of drug-likeness (QED) is 0.0696. The molecule has 0 saturated carbocycles. The van der Waals surface area contributed by atoms with E-state index in [9.17, 15) is 29.4 Å². The van der Waals surface area contributed by atoms with Gasteiger partial charge in [-0.3, -0.25) is 9.59 Å². The van der Waals surface area contributed by atoms with Gasteiger partial charge in [0.25, 0.3) is 11.8 Å². The number of rotatable bonds is 19. The van der Waals surface area contributed by atoms with Gasteiger partial charge in [-0.2, -0.15) is 0 Å². The van der Waals surface area contributed by atoms with Gasteiger partial charge in [0.2, 0.25) is 0 Å². The Morgan fingerprint density at radius 3 is 1.73 bits per heavy atom. The van der Waals surface area contributed by atoms with Crippen molar-refractivity contribution in [2.45, 2.75) is 46.5 Å². The van der Waals surface area contributed by atoms with Crippen LogP contribution in [0.1, 0.15) is 72.7 Å². The molecule has 10 nitrogen and oxygen atoms in total. The topological polar surface area (TPSA) is 151 Å². The molecule has 0 heterocycles. The number of carboxylic acid groups (broad SMARTS) is 2. The van der Waals surface area contributed by atoms with E-state index >= 15 is 0 Å². The molecule has 296 valence electrons. The molecule has 2 unspecified atom stereocenters. The van der Waals surface area contributed by atoms with E-state index < -0.39 is 23.8 Å². The van der Waals surface area contributed by atoms with Crippen LogP contribution in [0.2, 0.25) is 0 Å². The van der Waals surface area contributed by atoms with Crippen molar-refractivity contribution in [3.05, 3.63) is 165 Å². The number of carbonyl (C=O) groups is 4. The summed E-state index contributed by atoms with van der Waals surface area (Å²) in [4.78, 5) is 49.2. The molecule has 0 bridgehead atoms. The van der Waals surface area contributed by atoms with Crippen LogP contribution in [0.3, 0.4) is 0 Å². The summed E-state index contributed by atoms with van der Waals surface area (Å²) in [5.41, 5.74) is 3.10. The molecule has 2 amide bonds. The van der Waals surface area contributed by atoms with Gasteiger partial charge in [0.1, 0.15) is 11.5 Å². The fraction of sp³-hybridized carbons (Fsp3) is 0.217. The Morgan fingerprint density at radius 2 is 1.21 bits per heavy atom. The average Bonchev–Trinajstić information content (AvgIpc) is 3.21. The van der Waals surface area contributed by atoms with E-state index in [0.29, 0.717) is 22.6 Å². The molecule has 0 spiro atoms. The summed E-state index contributed by atoms with van der Waals surface area (Å²) in [5.74, 6) is -2.34. The molecule has 2 atom stereocenters. The van der Waals surface area contributed by atoms with Gasteiger partial charge < -0.3 is 30.3 Å². The number of carbonyl (C=O) groups excluding carboxylic acids is 2. The lowest BCUT2D eigenvalue weighted by atomic mass is 9.93. The van der Waals surface area contributed by atoms with Gasteiger partial charge in [-0.05, 0) is 89.4 Å². The number of ether oxygens (including phenoxy) is 2. The number of anilines is 2. The number of para-hydroxylation sites is 1. The number of carboxylic acids is 2. The standard InChI is InChI=1S/C38H42N2O8.2C4H6/c1-7-23(5)27(9-3)33(10-4)47-21-35(41)40-32-17-15-25(20-30(32)38(45)46)26-16-18-34(29(19-26)24(6)8-2)48-22-36(42)39-31-14-12-11-13-28(31)37(43)44;2*1-3-4-2/h9-20,23-24H,3-4,7-8,21-22H2,1-2,5-6H3,(H,39,42)(H,40,41)(H,43,44)(H,45,46);2*3-4H,1-2H2/b33-27-;;. The van der Waals surface area contributed by atoms with Crippen molar-refractivity contribution < 1.29 is 38.9 Å². The van der Waals surface area contributed by atoms with Crippen molar-refractivity contribution in [3.63, 3.8) is 0 Å². The highest BCUT2D eigenvalue weighted by Crippen LogP contribution is 2.35. The number of hydrogen-bond acceptors (Lipinski definition) is 6. The Morgan fingerprint density at radius 1 is 0.679 bits per heavy atom. The zero-order valence-corrected chi connectivity index (χ0v) is 32.8. The van der Waals surface area contributed by atoms with Crippen LogP contribution in [0.15, 0.2) is 148 Å². The summed E-state index contributed by atoms with van der Waals surface area (Å²) >= 11 is 0. The molecule has 0 fully saturated rings. The second-order valence-corrected chi connectivity index (χ2v) is 12.1. The lowest BCUT2D eigenvalue weighted by molar-refractivity contribution is -0.119. The molecule has 3 aromatic rings. The average molecular weight is 763 g/mol. The molecule has 0 aliphatic heterocycles. The van der Waals surface area contributed by atoms with Crippen molar-refractivity contribution in [1.82, 2.24) is 0 Å². The molecule has 56 heavy (non-hydrogen) atoms. The third-order valence-corrected chi connectivity index (χ3v) is 8.33. The van der Waals surface area contributed by atoms with Crippen LogP contribution >= 0.6 is 0 Å². The highest BCUT2D eigenvalue weighted by molar-refractivity contribution is 6.02. The maximum absolute atomic E-state index is 12.8. The highest BCUT2D eigenvalue weighted by atomic mass is 16.5. The van der Waals surface area contributed by atoms with Crippen LogP contribution in [0.25, 0.3) is 11.1 Å². The first kappa shape index (κ1) is 47.3. The monoisotopic (exact) mass is 762 g/mol. The van der Waals surface area contributed by atoms with Crippen molar-refractivity contribution in [2.24, 2.45) is 5.92 Å². The minimum atomic E-state index is -1.22. The van der Waals surface area contributed by atoms with E-state index in [1.54, 1.807) is 60.7 Å². The van der Waals surface area contributed by atoms with Crippen molar-refractivity contribution in [2.75, 3.05) is 23.8 Å². The lowest BCUT2D eigenvalue weighted by Gasteiger charge is -2.18. The Labute approximate surface area is 331 Å². The summed E-state index contributed by atoms with van der Waals surface area (Å²) < 4.78 is 11.6. The maximum atomic E-state index is 12.8. The number of benzene rings is 3. The summed E-state index contributed by atoms with van der Waals surface area (Å²) in [6, 6.07) is 16.2. The summed E-state index contributed by atoms with van der Waals surface area (Å²) in [6.07, 6.45) is 11.4. The van der Waals surface area contributed by atoms with E-state index in [2.05, 4.69) is 50.1 Å². The molecule has 3 aromatic carbocycles. The first-order chi connectivity index (χ1) is 26.8. The summed E-state index contributed by atoms with van der Waals surface area (Å²) in [6.45, 7) is 28.4. The Hall–Kier alpha value is -6.68. The SMILES string of the molecule is C=C/C(OCC(=O)Nc1ccc(-c2ccc(OCC(=O)Nc3ccccc3C(=O)O)c(C(C)CC)c2)cc1C(=O)O)=C(\C=C)C(C)CC.C=CC=C.C=CC=C. The molecule has 0 aliphatic carbocycles. The molecule has 0 radical (unpaired) electrons. The third kappa shape index (κ3) is 15.0. The van der Waals surface area contributed by atoms with Gasteiger partial charge in [-0.1, -0.05) is 122 Å². The molecule has 4 N–H and O–H groups in total. The van der Waals surface area contributed by atoms with E-state index in [1.807, 2.05) is 33.8 Å². The molecule has 0 aliphatic rings. The smallest absolute Gasteiger partial charge is 0.337 e. The largest absolute Gasteiger partial charge is 0.483 e. The number of aromatic carboxylic acids is 2. The van der Waals surface area contributed by atoms with Crippen molar-refractivity contribution in [1.29, 1.82) is 0 Å². The summed E-state index contributed by atoms with van der Waals surface area (Å²) in [5, 5.41) is 24.6. The number of nitrogens with one attached hydrogen (secondary N) is 2. The Bertz CT molecular complexity index is 1900. The van der Waals surface area contributed by atoms with Crippen LogP contribution in [-0.4, -0.2) is 47.2 Å². The fourth-order valence-corrected chi connectivity index (χ4v) is 4.94. The number of amides is 2. The minimum absolute atomic E-state index is 0.0321. The van der Waals surface area contributed by atoms with Crippen LogP contribution in [-0.2, 0) is 14.3 Å². The maximum Gasteiger partial charge on any atom is 0.337 e. The van der Waals surface area contributed by atoms with Gasteiger partial charge in [0, 0.05) is 0 Å². The highest BCUT2D eigenvalue weighted by Gasteiger charge is 2.19. The second-order valence-electron chi connectivity index (χ2n) is 12.1. The number of hydrogen-bond donors (Lipinski definition) is 4. The van der Waals surface area contributed by atoms with E-state index in [1.165, 1.54) is 30.3 Å². The predicted octanol–water partition coefficient (Wildman–Crippen LogP) is 10.6. The van der Waals surface area contributed by atoms with Gasteiger partial charge >= 0.3 is 11.9 Å². The minimum Gasteiger partial charge on any atom is -0.483 e. The van der Waals surface area contributed by atoms with Gasteiger partial charge in [0.05, 0.1) is 22.5 Å². The molecular formula is C46H54N2O8. The van der Waals surface area contributed by atoms with Gasteiger partial charge in [-0.25, -0.2) is 9.59 Å². The van der Waals surface area contributed by atoms with Crippen LogP contribution in [0, 0.1) is 5.92 Å². The predicted molar refractivity (Wildman–Crippen MR) is 227 cm³/mol. The Kier molecular flexibility index (Phi) is 21.4. The lowest BCUT2D eigenvalue weighted by Crippen LogP contribution is -2.22.